The predicted molar refractivity (Wildman–Crippen MR) is 128 cm³/mol. The fraction of sp³-hybridized carbons (Fsp3) is 0.115. The van der Waals surface area contributed by atoms with E-state index in [1.807, 2.05) is 13.0 Å². The highest BCUT2D eigenvalue weighted by Crippen LogP contribution is 2.45. The van der Waals surface area contributed by atoms with Gasteiger partial charge in [0, 0.05) is 35.0 Å². The summed E-state index contributed by atoms with van der Waals surface area (Å²) in [6, 6.07) is 17.2. The van der Waals surface area contributed by atoms with Crippen molar-refractivity contribution >= 4 is 34.7 Å². The molecule has 1 aliphatic heterocycles. The first kappa shape index (κ1) is 21.2. The van der Waals surface area contributed by atoms with Crippen LogP contribution >= 0.6 is 0 Å². The summed E-state index contributed by atoms with van der Waals surface area (Å²) in [6.07, 6.45) is 4.46. The summed E-state index contributed by atoms with van der Waals surface area (Å²) in [4.78, 5) is 34.4. The van der Waals surface area contributed by atoms with Crippen molar-refractivity contribution in [3.8, 4) is 12.3 Å². The molecule has 8 nitrogen and oxygen atoms in total. The summed E-state index contributed by atoms with van der Waals surface area (Å²) in [7, 11) is 1.38. The molecule has 0 saturated heterocycles. The quantitative estimate of drug-likeness (QED) is 0.410. The van der Waals surface area contributed by atoms with E-state index in [0.717, 1.165) is 10.5 Å². The first-order chi connectivity index (χ1) is 16.2. The molecule has 168 valence electrons. The number of carbonyl (C=O) groups is 2. The van der Waals surface area contributed by atoms with Gasteiger partial charge in [0.1, 0.15) is 0 Å². The standard InChI is InChI=1S/C26H20N4O4/c1-4-16-11-15(2)12-18(13-16)30-23(31)19-7-5-6-8-20(19)26(30,34)17-9-10-21-22(14-17)28-24(27-21)29(3)25(32)33/h1,5-14,34H,2-3H3,(H,27,28)(H,32,33). The Labute approximate surface area is 195 Å². The number of hydrogen-bond acceptors (Lipinski definition) is 4. The topological polar surface area (TPSA) is 110 Å². The molecule has 0 bridgehead atoms. The number of terminal acetylenes is 1. The average molecular weight is 452 g/mol. The van der Waals surface area contributed by atoms with E-state index in [0.29, 0.717) is 39.0 Å². The van der Waals surface area contributed by atoms with Gasteiger partial charge in [-0.3, -0.25) is 14.6 Å². The molecular formula is C26H20N4O4. The maximum atomic E-state index is 13.6. The molecule has 1 aliphatic rings. The summed E-state index contributed by atoms with van der Waals surface area (Å²) >= 11 is 0. The second kappa shape index (κ2) is 7.47. The molecule has 0 aliphatic carbocycles. The Kier molecular flexibility index (Phi) is 4.67. The summed E-state index contributed by atoms with van der Waals surface area (Å²) in [5.74, 6) is 2.38. The highest BCUT2D eigenvalue weighted by molar-refractivity contribution is 6.12. The zero-order chi connectivity index (χ0) is 24.2. The van der Waals surface area contributed by atoms with Gasteiger partial charge in [0.05, 0.1) is 11.0 Å². The second-order valence-electron chi connectivity index (χ2n) is 8.19. The minimum absolute atomic E-state index is 0.142. The van der Waals surface area contributed by atoms with Crippen molar-refractivity contribution in [2.24, 2.45) is 0 Å². The summed E-state index contributed by atoms with van der Waals surface area (Å²) < 4.78 is 0. The fourth-order valence-corrected chi connectivity index (χ4v) is 4.39. The van der Waals surface area contributed by atoms with Crippen LogP contribution < -0.4 is 9.80 Å². The lowest BCUT2D eigenvalue weighted by molar-refractivity contribution is 0.0704. The number of fused-ring (bicyclic) bond motifs is 2. The Bertz CT molecular complexity index is 1530. The van der Waals surface area contributed by atoms with E-state index in [1.54, 1.807) is 54.6 Å². The van der Waals surface area contributed by atoms with Gasteiger partial charge in [-0.05, 0) is 48.9 Å². The van der Waals surface area contributed by atoms with Crippen LogP contribution in [0.5, 0.6) is 0 Å². The molecule has 2 heterocycles. The van der Waals surface area contributed by atoms with E-state index in [1.165, 1.54) is 11.9 Å². The number of H-pyrrole nitrogens is 1. The van der Waals surface area contributed by atoms with Crippen LogP contribution in [0.2, 0.25) is 0 Å². The number of aliphatic hydroxyl groups is 1. The molecule has 0 spiro atoms. The first-order valence-corrected chi connectivity index (χ1v) is 10.5. The van der Waals surface area contributed by atoms with Gasteiger partial charge in [-0.2, -0.15) is 0 Å². The SMILES string of the molecule is C#Cc1cc(C)cc(N2C(=O)c3ccccc3C2(O)c2ccc3nc(N(C)C(=O)O)[nH]c3c2)c1. The predicted octanol–water partition coefficient (Wildman–Crippen LogP) is 3.82. The third-order valence-corrected chi connectivity index (χ3v) is 6.02. The van der Waals surface area contributed by atoms with Crippen LogP contribution in [0.4, 0.5) is 16.4 Å². The third kappa shape index (κ3) is 3.03. The molecule has 1 unspecified atom stereocenters. The number of rotatable bonds is 3. The van der Waals surface area contributed by atoms with E-state index in [2.05, 4.69) is 15.9 Å². The Balaban J connectivity index is 1.73. The van der Waals surface area contributed by atoms with Gasteiger partial charge >= 0.3 is 6.09 Å². The molecule has 0 radical (unpaired) electrons. The van der Waals surface area contributed by atoms with Gasteiger partial charge < -0.3 is 15.2 Å². The van der Waals surface area contributed by atoms with Crippen LogP contribution in [0.1, 0.15) is 32.6 Å². The number of aromatic nitrogens is 2. The van der Waals surface area contributed by atoms with Crippen molar-refractivity contribution in [1.29, 1.82) is 0 Å². The number of aromatic amines is 1. The highest BCUT2D eigenvalue weighted by atomic mass is 16.4. The van der Waals surface area contributed by atoms with Crippen molar-refractivity contribution < 1.29 is 19.8 Å². The monoisotopic (exact) mass is 452 g/mol. The maximum absolute atomic E-state index is 13.6. The van der Waals surface area contributed by atoms with Gasteiger partial charge in [-0.1, -0.05) is 30.2 Å². The van der Waals surface area contributed by atoms with E-state index in [9.17, 15) is 19.8 Å². The number of anilines is 2. The molecular weight excluding hydrogens is 432 g/mol. The number of nitrogens with one attached hydrogen (secondary N) is 1. The number of aryl methyl sites for hydroxylation is 1. The summed E-state index contributed by atoms with van der Waals surface area (Å²) in [6.45, 7) is 1.87. The third-order valence-electron chi connectivity index (χ3n) is 6.02. The van der Waals surface area contributed by atoms with E-state index < -0.39 is 11.8 Å². The number of benzene rings is 3. The maximum Gasteiger partial charge on any atom is 0.413 e. The van der Waals surface area contributed by atoms with Crippen molar-refractivity contribution in [2.45, 2.75) is 12.6 Å². The minimum atomic E-state index is -1.83. The van der Waals surface area contributed by atoms with Crippen LogP contribution in [0.3, 0.4) is 0 Å². The molecule has 0 fully saturated rings. The van der Waals surface area contributed by atoms with E-state index in [-0.39, 0.29) is 11.9 Å². The summed E-state index contributed by atoms with van der Waals surface area (Å²) in [5, 5.41) is 21.5. The zero-order valence-corrected chi connectivity index (χ0v) is 18.4. The fourth-order valence-electron chi connectivity index (χ4n) is 4.39. The van der Waals surface area contributed by atoms with Crippen molar-refractivity contribution in [2.75, 3.05) is 16.8 Å². The lowest BCUT2D eigenvalue weighted by atomic mass is 9.93. The largest absolute Gasteiger partial charge is 0.465 e. The Morgan fingerprint density at radius 3 is 2.68 bits per heavy atom. The number of nitrogens with zero attached hydrogens (tertiary/aromatic N) is 3. The smallest absolute Gasteiger partial charge is 0.413 e. The number of carbonyl (C=O) groups excluding carboxylic acids is 1. The van der Waals surface area contributed by atoms with E-state index in [4.69, 9.17) is 6.42 Å². The highest BCUT2D eigenvalue weighted by Gasteiger charge is 2.50. The average Bonchev–Trinajstić information content (AvgIpc) is 3.35. The van der Waals surface area contributed by atoms with Crippen LogP contribution in [-0.2, 0) is 5.72 Å². The number of hydrogen-bond donors (Lipinski definition) is 3. The Morgan fingerprint density at radius 2 is 1.94 bits per heavy atom. The second-order valence-corrected chi connectivity index (χ2v) is 8.19. The molecule has 3 aromatic carbocycles. The molecule has 4 aromatic rings. The Morgan fingerprint density at radius 1 is 1.18 bits per heavy atom. The first-order valence-electron chi connectivity index (χ1n) is 10.5. The van der Waals surface area contributed by atoms with Crippen LogP contribution in [0.15, 0.2) is 60.7 Å². The van der Waals surface area contributed by atoms with Crippen molar-refractivity contribution in [3.63, 3.8) is 0 Å². The molecule has 0 saturated carbocycles. The zero-order valence-electron chi connectivity index (χ0n) is 18.4. The number of imidazole rings is 1. The molecule has 8 heteroatoms. The molecule has 1 aromatic heterocycles. The number of carboxylic acid groups (broad SMARTS) is 1. The molecule has 3 N–H and O–H groups in total. The van der Waals surface area contributed by atoms with Crippen molar-refractivity contribution in [1.82, 2.24) is 9.97 Å². The van der Waals surface area contributed by atoms with Gasteiger partial charge in [0.25, 0.3) is 5.91 Å². The molecule has 34 heavy (non-hydrogen) atoms. The lowest BCUT2D eigenvalue weighted by Gasteiger charge is -2.35. The summed E-state index contributed by atoms with van der Waals surface area (Å²) in [5.41, 5.74) is 2.33. The van der Waals surface area contributed by atoms with Crippen LogP contribution in [0, 0.1) is 19.3 Å². The van der Waals surface area contributed by atoms with Crippen LogP contribution in [0.25, 0.3) is 11.0 Å². The van der Waals surface area contributed by atoms with Gasteiger partial charge in [-0.25, -0.2) is 9.78 Å². The molecule has 5 rings (SSSR count). The minimum Gasteiger partial charge on any atom is -0.465 e. The molecule has 2 amide bonds. The molecule has 1 atom stereocenters. The van der Waals surface area contributed by atoms with Crippen molar-refractivity contribution in [3.05, 3.63) is 88.5 Å². The van der Waals surface area contributed by atoms with Gasteiger partial charge in [0.15, 0.2) is 5.72 Å². The Hall–Kier alpha value is -4.61. The normalized spacial score (nSPS) is 17.0. The lowest BCUT2D eigenvalue weighted by Crippen LogP contribution is -2.45. The number of amides is 2. The van der Waals surface area contributed by atoms with Gasteiger partial charge in [0.2, 0.25) is 5.95 Å². The van der Waals surface area contributed by atoms with Crippen LogP contribution in [-0.4, -0.2) is 39.2 Å². The van der Waals surface area contributed by atoms with E-state index >= 15 is 0 Å². The van der Waals surface area contributed by atoms with Gasteiger partial charge in [-0.15, -0.1) is 6.42 Å².